The topological polar surface area (TPSA) is 41.9 Å². The van der Waals surface area contributed by atoms with Gasteiger partial charge in [0.1, 0.15) is 0 Å². The van der Waals surface area contributed by atoms with E-state index in [1.807, 2.05) is 0 Å². The van der Waals surface area contributed by atoms with E-state index < -0.39 is 6.17 Å². The molecule has 1 fully saturated rings. The highest BCUT2D eigenvalue weighted by Gasteiger charge is 2.36. The van der Waals surface area contributed by atoms with E-state index >= 15 is 0 Å². The van der Waals surface area contributed by atoms with Crippen LogP contribution in [0.15, 0.2) is 28.8 Å². The van der Waals surface area contributed by atoms with Crippen LogP contribution in [0.5, 0.6) is 0 Å². The minimum atomic E-state index is -1.35. The average Bonchev–Trinajstić information content (AvgIpc) is 2.89. The fraction of sp³-hybridized carbons (Fsp3) is 0.462. The van der Waals surface area contributed by atoms with Gasteiger partial charge >= 0.3 is 0 Å². The Bertz CT molecular complexity index is 521. The molecule has 2 unspecified atom stereocenters. The van der Waals surface area contributed by atoms with Crippen LogP contribution in [0.2, 0.25) is 0 Å². The van der Waals surface area contributed by atoms with Gasteiger partial charge in [0.05, 0.1) is 23.9 Å². The Labute approximate surface area is 115 Å². The first-order chi connectivity index (χ1) is 9.16. The van der Waals surface area contributed by atoms with Crippen molar-refractivity contribution in [3.63, 3.8) is 0 Å². The van der Waals surface area contributed by atoms with Crippen molar-refractivity contribution in [1.82, 2.24) is 4.90 Å². The van der Waals surface area contributed by atoms with E-state index in [1.54, 1.807) is 6.08 Å². The lowest BCUT2D eigenvalue weighted by Crippen LogP contribution is -2.47. The van der Waals surface area contributed by atoms with Gasteiger partial charge in [-0.3, -0.25) is 9.69 Å². The second-order valence-corrected chi connectivity index (χ2v) is 5.06. The van der Waals surface area contributed by atoms with E-state index in [9.17, 15) is 9.18 Å². The molecule has 1 amide bonds. The number of fused-ring (bicyclic) bond motifs is 1. The summed E-state index contributed by atoms with van der Waals surface area (Å²) in [6.45, 7) is 1.11. The van der Waals surface area contributed by atoms with Crippen molar-refractivity contribution >= 4 is 28.9 Å². The van der Waals surface area contributed by atoms with Crippen LogP contribution in [0.4, 0.5) is 4.39 Å². The van der Waals surface area contributed by atoms with Crippen LogP contribution in [0.3, 0.4) is 0 Å². The smallest absolute Gasteiger partial charge is 0.262 e. The zero-order chi connectivity index (χ0) is 13.4. The highest BCUT2D eigenvalue weighted by atomic mass is 32.1. The number of rotatable bonds is 2. The lowest BCUT2D eigenvalue weighted by molar-refractivity contribution is -0.124. The Morgan fingerprint density at radius 1 is 1.58 bits per heavy atom. The van der Waals surface area contributed by atoms with E-state index in [0.717, 1.165) is 12.8 Å². The molecule has 2 heterocycles. The SMILES string of the molecule is O=C1C2=CC=CC(F)C2=NC(=S)N1CC1CCCO1. The molecule has 0 radical (unpaired) electrons. The molecule has 6 heteroatoms. The predicted molar refractivity (Wildman–Crippen MR) is 72.8 cm³/mol. The first kappa shape index (κ1) is 12.6. The molecule has 2 aliphatic heterocycles. The summed E-state index contributed by atoms with van der Waals surface area (Å²) < 4.78 is 19.2. The van der Waals surface area contributed by atoms with Gasteiger partial charge in [-0.25, -0.2) is 9.38 Å². The van der Waals surface area contributed by atoms with Crippen molar-refractivity contribution in [3.8, 4) is 0 Å². The second-order valence-electron chi connectivity index (χ2n) is 4.70. The van der Waals surface area contributed by atoms with Crippen LogP contribution in [-0.4, -0.2) is 47.1 Å². The third-order valence-electron chi connectivity index (χ3n) is 3.41. The summed E-state index contributed by atoms with van der Waals surface area (Å²) in [7, 11) is 0. The van der Waals surface area contributed by atoms with Crippen LogP contribution in [-0.2, 0) is 9.53 Å². The number of aliphatic imine (C=N–C) groups is 1. The monoisotopic (exact) mass is 280 g/mol. The number of amides is 1. The molecule has 2 atom stereocenters. The van der Waals surface area contributed by atoms with Crippen molar-refractivity contribution in [3.05, 3.63) is 23.8 Å². The van der Waals surface area contributed by atoms with Crippen LogP contribution in [0.25, 0.3) is 0 Å². The van der Waals surface area contributed by atoms with E-state index in [0.29, 0.717) is 18.7 Å². The number of hydrogen-bond donors (Lipinski definition) is 0. The number of hydrogen-bond acceptors (Lipinski definition) is 3. The summed E-state index contributed by atoms with van der Waals surface area (Å²) in [5.41, 5.74) is 0.419. The minimum Gasteiger partial charge on any atom is -0.376 e. The second kappa shape index (κ2) is 4.94. The van der Waals surface area contributed by atoms with Crippen molar-refractivity contribution in [2.75, 3.05) is 13.2 Å². The molecule has 4 nitrogen and oxygen atoms in total. The summed E-state index contributed by atoms with van der Waals surface area (Å²) in [5.74, 6) is -0.280. The van der Waals surface area contributed by atoms with E-state index in [-0.39, 0.29) is 22.8 Å². The Kier molecular flexibility index (Phi) is 3.28. The third-order valence-corrected chi connectivity index (χ3v) is 3.72. The van der Waals surface area contributed by atoms with Gasteiger partial charge in [-0.1, -0.05) is 6.08 Å². The number of allylic oxidation sites excluding steroid dienone is 3. The number of nitrogens with zero attached hydrogens (tertiary/aromatic N) is 2. The standard InChI is InChI=1S/C13H13FN2O2S/c14-10-5-1-4-9-11(10)15-13(19)16(12(9)17)7-8-3-2-6-18-8/h1,4-5,8,10H,2-3,6-7H2. The number of carbonyl (C=O) groups excluding carboxylic acids is 1. The van der Waals surface area contributed by atoms with Crippen molar-refractivity contribution in [1.29, 1.82) is 0 Å². The van der Waals surface area contributed by atoms with Crippen LogP contribution >= 0.6 is 12.2 Å². The van der Waals surface area contributed by atoms with E-state index in [1.165, 1.54) is 17.1 Å². The summed E-state index contributed by atoms with van der Waals surface area (Å²) in [6, 6.07) is 0. The molecule has 3 aliphatic rings. The number of thiocarbonyl (C=S) groups is 1. The largest absolute Gasteiger partial charge is 0.376 e. The fourth-order valence-electron chi connectivity index (χ4n) is 2.43. The van der Waals surface area contributed by atoms with Gasteiger partial charge in [-0.05, 0) is 37.2 Å². The summed E-state index contributed by atoms with van der Waals surface area (Å²) in [5, 5.41) is 0.130. The lowest BCUT2D eigenvalue weighted by atomic mass is 9.98. The van der Waals surface area contributed by atoms with Crippen LogP contribution in [0, 0.1) is 0 Å². The fourth-order valence-corrected chi connectivity index (χ4v) is 2.68. The molecule has 0 bridgehead atoms. The zero-order valence-corrected chi connectivity index (χ0v) is 11.0. The Hall–Kier alpha value is -1.40. The van der Waals surface area contributed by atoms with Gasteiger partial charge < -0.3 is 4.74 Å². The van der Waals surface area contributed by atoms with E-state index in [2.05, 4.69) is 4.99 Å². The average molecular weight is 280 g/mol. The maximum absolute atomic E-state index is 13.7. The third kappa shape index (κ3) is 2.26. The van der Waals surface area contributed by atoms with Crippen LogP contribution < -0.4 is 0 Å². The number of ether oxygens (including phenoxy) is 1. The molecular formula is C13H13FN2O2S. The normalized spacial score (nSPS) is 30.3. The molecule has 100 valence electrons. The molecule has 1 saturated heterocycles. The maximum atomic E-state index is 13.7. The van der Waals surface area contributed by atoms with Crippen LogP contribution in [0.1, 0.15) is 12.8 Å². The first-order valence-corrected chi connectivity index (χ1v) is 6.66. The summed E-state index contributed by atoms with van der Waals surface area (Å²) in [6.07, 6.45) is 5.02. The molecule has 0 spiro atoms. The first-order valence-electron chi connectivity index (χ1n) is 6.26. The summed E-state index contributed by atoms with van der Waals surface area (Å²) >= 11 is 5.10. The Morgan fingerprint density at radius 3 is 3.16 bits per heavy atom. The highest BCUT2D eigenvalue weighted by Crippen LogP contribution is 2.23. The highest BCUT2D eigenvalue weighted by molar-refractivity contribution is 7.80. The molecule has 19 heavy (non-hydrogen) atoms. The van der Waals surface area contributed by atoms with Gasteiger partial charge in [-0.15, -0.1) is 0 Å². The quantitative estimate of drug-likeness (QED) is 0.721. The summed E-state index contributed by atoms with van der Waals surface area (Å²) in [4.78, 5) is 17.8. The van der Waals surface area contributed by atoms with Gasteiger partial charge in [0.2, 0.25) is 5.11 Å². The molecule has 0 N–H and O–H groups in total. The molecule has 1 aliphatic carbocycles. The van der Waals surface area contributed by atoms with Crippen molar-refractivity contribution in [2.24, 2.45) is 4.99 Å². The van der Waals surface area contributed by atoms with Gasteiger partial charge in [0.25, 0.3) is 5.91 Å². The Morgan fingerprint density at radius 2 is 2.42 bits per heavy atom. The van der Waals surface area contributed by atoms with Gasteiger partial charge in [-0.2, -0.15) is 0 Å². The lowest BCUT2D eigenvalue weighted by Gasteiger charge is -2.30. The molecule has 3 rings (SSSR count). The predicted octanol–water partition coefficient (Wildman–Crippen LogP) is 1.57. The minimum absolute atomic E-state index is 0.000411. The number of alkyl halides is 1. The molecular weight excluding hydrogens is 267 g/mol. The zero-order valence-electron chi connectivity index (χ0n) is 10.2. The maximum Gasteiger partial charge on any atom is 0.262 e. The van der Waals surface area contributed by atoms with Gasteiger partial charge in [0, 0.05) is 6.61 Å². The number of carbonyl (C=O) groups is 1. The number of halogens is 1. The van der Waals surface area contributed by atoms with Gasteiger partial charge in [0.15, 0.2) is 6.17 Å². The molecule has 0 saturated carbocycles. The van der Waals surface area contributed by atoms with E-state index in [4.69, 9.17) is 17.0 Å². The van der Waals surface area contributed by atoms with Crippen molar-refractivity contribution < 1.29 is 13.9 Å². The Balaban J connectivity index is 1.86. The molecule has 0 aromatic carbocycles. The molecule has 0 aromatic rings. The van der Waals surface area contributed by atoms with Crippen molar-refractivity contribution in [2.45, 2.75) is 25.1 Å². The molecule has 0 aromatic heterocycles.